The van der Waals surface area contributed by atoms with Gasteiger partial charge >= 0.3 is 0 Å². The maximum absolute atomic E-state index is 6.97. The number of ether oxygens (including phenoxy) is 4. The average molecular weight is 1190 g/mol. The van der Waals surface area contributed by atoms with Crippen LogP contribution < -0.4 is 92.3 Å². The second-order valence-electron chi connectivity index (χ2n) is 30.1. The van der Waals surface area contributed by atoms with Crippen LogP contribution in [0.15, 0.2) is 97.1 Å². The molecule has 406 valence electrons. The number of benzene rings is 6. The van der Waals surface area contributed by atoms with Gasteiger partial charge in [-0.15, -0.1) is 0 Å². The van der Waals surface area contributed by atoms with Gasteiger partial charge in [0.15, 0.2) is 23.0 Å². The molecule has 6 aromatic carbocycles. The first kappa shape index (κ1) is 59.2. The fourth-order valence-corrected chi connectivity index (χ4v) is 26.2. The first-order valence-corrected chi connectivity index (χ1v) is 58.5. The standard InChI is InChI=1S/C62H92O4P2Si8/c1-69(2,3)47-29-43(30-48(37-47)70(4,5)6)67(44-31-49(71(7,8)9)38-50(32-44)72(10,11)12)57-27-25-55-61(65-41-63-55)59(57)60-58(28-26-56-62(60)66-42-64-56)68(45-33-51(73(13,14)15)39-52(34-45)74(16,17)18)46-35-53(75(19,20)21)40-54(36-46)76(22,23)24/h25-40H,41-42H2,1-24H3. The predicted molar refractivity (Wildman–Crippen MR) is 365 cm³/mol. The van der Waals surface area contributed by atoms with E-state index >= 15 is 0 Å². The lowest BCUT2D eigenvalue weighted by Crippen LogP contribution is -2.49. The Balaban J connectivity index is 1.61. The summed E-state index contributed by atoms with van der Waals surface area (Å²) in [5, 5.41) is 20.6. The molecule has 0 bridgehead atoms. The van der Waals surface area contributed by atoms with Crippen LogP contribution in [0.4, 0.5) is 0 Å². The van der Waals surface area contributed by atoms with Gasteiger partial charge in [-0.05, 0) is 71.9 Å². The van der Waals surface area contributed by atoms with Crippen molar-refractivity contribution in [2.45, 2.75) is 157 Å². The zero-order valence-corrected chi connectivity index (χ0v) is 61.0. The number of hydrogen-bond acceptors (Lipinski definition) is 4. The molecule has 14 heteroatoms. The Bertz CT molecular complexity index is 2710. The van der Waals surface area contributed by atoms with E-state index < -0.39 is 80.4 Å². The molecule has 2 heterocycles. The molecule has 0 saturated heterocycles. The third kappa shape index (κ3) is 12.5. The number of fused-ring (bicyclic) bond motifs is 2. The van der Waals surface area contributed by atoms with E-state index in [0.717, 1.165) is 34.1 Å². The molecule has 2 aliphatic heterocycles. The molecule has 6 aromatic rings. The topological polar surface area (TPSA) is 36.9 Å². The van der Waals surface area contributed by atoms with Gasteiger partial charge in [-0.25, -0.2) is 0 Å². The lowest BCUT2D eigenvalue weighted by atomic mass is 10.0. The zero-order chi connectivity index (χ0) is 56.3. The average Bonchev–Trinajstić information content (AvgIpc) is 3.97. The van der Waals surface area contributed by atoms with Crippen molar-refractivity contribution in [3.05, 3.63) is 97.1 Å². The van der Waals surface area contributed by atoms with E-state index in [-0.39, 0.29) is 13.6 Å². The normalized spacial score (nSPS) is 14.6. The molecule has 0 aromatic heterocycles. The molecule has 0 saturated carbocycles. The minimum Gasteiger partial charge on any atom is -0.454 e. The van der Waals surface area contributed by atoms with Crippen molar-refractivity contribution in [3.63, 3.8) is 0 Å². The fraction of sp³-hybridized carbons (Fsp3) is 0.419. The fourth-order valence-electron chi connectivity index (χ4n) is 10.1. The molecular formula is C62H92O4P2Si8. The smallest absolute Gasteiger partial charge is 0.231 e. The molecular weight excluding hydrogens is 1100 g/mol. The van der Waals surface area contributed by atoms with Gasteiger partial charge in [-0.1, -0.05) is 271 Å². The highest BCUT2D eigenvalue weighted by Gasteiger charge is 2.39. The van der Waals surface area contributed by atoms with Gasteiger partial charge in [0.2, 0.25) is 13.6 Å². The minimum atomic E-state index is -1.81. The van der Waals surface area contributed by atoms with Crippen LogP contribution in [0.5, 0.6) is 23.0 Å². The van der Waals surface area contributed by atoms with Gasteiger partial charge in [-0.2, -0.15) is 0 Å². The van der Waals surface area contributed by atoms with Crippen molar-refractivity contribution in [2.75, 3.05) is 13.6 Å². The molecule has 0 N–H and O–H groups in total. The number of rotatable bonds is 15. The predicted octanol–water partition coefficient (Wildman–Crippen LogP) is 10.7. The van der Waals surface area contributed by atoms with Crippen molar-refractivity contribution >= 4 is 154 Å². The van der Waals surface area contributed by atoms with E-state index in [9.17, 15) is 0 Å². The maximum atomic E-state index is 6.97. The highest BCUT2D eigenvalue weighted by atomic mass is 31.1. The lowest BCUT2D eigenvalue weighted by Gasteiger charge is -2.33. The Hall–Kier alpha value is -2.88. The summed E-state index contributed by atoms with van der Waals surface area (Å²) in [6, 6.07) is 40.9. The van der Waals surface area contributed by atoms with Crippen molar-refractivity contribution in [2.24, 2.45) is 0 Å². The molecule has 0 radical (unpaired) electrons. The summed E-state index contributed by atoms with van der Waals surface area (Å²) < 4.78 is 27.0. The molecule has 0 atom stereocenters. The van der Waals surface area contributed by atoms with Gasteiger partial charge in [-0.3, -0.25) is 0 Å². The summed E-state index contributed by atoms with van der Waals surface area (Å²) in [7, 11) is -16.8. The SMILES string of the molecule is C[Si](C)(C)c1cc(P(c2cc([Si](C)(C)C)cc([Si](C)(C)C)c2)c2ccc3c(c2-c2c(P(c4cc([Si](C)(C)C)cc([Si](C)(C)C)c4)c4cc([Si](C)(C)C)cc([Si](C)(C)C)c4)ccc4c2OCO4)OCO3)cc([Si](C)(C)C)c1. The largest absolute Gasteiger partial charge is 0.454 e. The van der Waals surface area contributed by atoms with Gasteiger partial charge in [0.05, 0.1) is 64.6 Å². The van der Waals surface area contributed by atoms with E-state index in [4.69, 9.17) is 18.9 Å². The second-order valence-corrected chi connectivity index (χ2v) is 75.1. The van der Waals surface area contributed by atoms with Crippen molar-refractivity contribution in [3.8, 4) is 34.1 Å². The first-order chi connectivity index (χ1) is 34.7. The Morgan fingerprint density at radius 2 is 0.461 bits per heavy atom. The third-order valence-corrected chi connectivity index (χ3v) is 36.4. The molecule has 0 amide bonds. The van der Waals surface area contributed by atoms with E-state index in [1.165, 1.54) is 73.3 Å². The van der Waals surface area contributed by atoms with Gasteiger partial charge < -0.3 is 18.9 Å². The monoisotopic (exact) mass is 1190 g/mol. The first-order valence-electron chi connectivity index (χ1n) is 27.8. The van der Waals surface area contributed by atoms with E-state index in [2.05, 4.69) is 254 Å². The third-order valence-electron chi connectivity index (χ3n) is 15.4. The quantitative estimate of drug-likeness (QED) is 0.0759. The lowest BCUT2D eigenvalue weighted by molar-refractivity contribution is 0.173. The van der Waals surface area contributed by atoms with Gasteiger partial charge in [0.1, 0.15) is 0 Å². The molecule has 0 unspecified atom stereocenters. The Morgan fingerprint density at radius 1 is 0.263 bits per heavy atom. The van der Waals surface area contributed by atoms with E-state index in [1.807, 2.05) is 0 Å². The second kappa shape index (κ2) is 20.6. The highest BCUT2D eigenvalue weighted by molar-refractivity contribution is 7.81. The molecule has 4 nitrogen and oxygen atoms in total. The van der Waals surface area contributed by atoms with Crippen LogP contribution in [-0.2, 0) is 0 Å². The van der Waals surface area contributed by atoms with Crippen LogP contribution in [0.1, 0.15) is 0 Å². The van der Waals surface area contributed by atoms with Crippen molar-refractivity contribution < 1.29 is 18.9 Å². The molecule has 2 aliphatic rings. The van der Waals surface area contributed by atoms with Crippen LogP contribution in [0.2, 0.25) is 157 Å². The molecule has 0 fully saturated rings. The maximum Gasteiger partial charge on any atom is 0.231 e. The van der Waals surface area contributed by atoms with Gasteiger partial charge in [0, 0.05) is 11.1 Å². The summed E-state index contributed by atoms with van der Waals surface area (Å²) in [5.74, 6) is 3.23. The molecule has 0 spiro atoms. The Morgan fingerprint density at radius 3 is 0.645 bits per heavy atom. The van der Waals surface area contributed by atoms with Crippen LogP contribution >= 0.6 is 15.8 Å². The molecule has 8 rings (SSSR count). The van der Waals surface area contributed by atoms with Crippen LogP contribution in [0.3, 0.4) is 0 Å². The summed E-state index contributed by atoms with van der Waals surface area (Å²) >= 11 is 0. The van der Waals surface area contributed by atoms with E-state index in [1.54, 1.807) is 0 Å². The highest BCUT2D eigenvalue weighted by Crippen LogP contribution is 2.53. The molecule has 76 heavy (non-hydrogen) atoms. The Labute approximate surface area is 471 Å². The summed E-state index contributed by atoms with van der Waals surface area (Å²) in [5.41, 5.74) is 2.20. The molecule has 0 aliphatic carbocycles. The van der Waals surface area contributed by atoms with Gasteiger partial charge in [0.25, 0.3) is 0 Å². The zero-order valence-electron chi connectivity index (χ0n) is 51.2. The summed E-state index contributed by atoms with van der Waals surface area (Å²) in [6.07, 6.45) is 0. The summed E-state index contributed by atoms with van der Waals surface area (Å²) in [6.45, 7) is 61.0. The van der Waals surface area contributed by atoms with Crippen LogP contribution in [-0.4, -0.2) is 78.2 Å². The van der Waals surface area contributed by atoms with E-state index in [0.29, 0.717) is 0 Å². The van der Waals surface area contributed by atoms with Crippen LogP contribution in [0.25, 0.3) is 11.1 Å². The van der Waals surface area contributed by atoms with Crippen molar-refractivity contribution in [1.82, 2.24) is 0 Å². The number of hydrogen-bond donors (Lipinski definition) is 0. The Kier molecular flexibility index (Phi) is 16.0. The summed E-state index contributed by atoms with van der Waals surface area (Å²) in [4.78, 5) is 0. The van der Waals surface area contributed by atoms with Crippen LogP contribution in [0, 0.1) is 0 Å². The van der Waals surface area contributed by atoms with Crippen molar-refractivity contribution in [1.29, 1.82) is 0 Å². The minimum absolute atomic E-state index is 0.172.